The second-order valence-corrected chi connectivity index (χ2v) is 9.32. The van der Waals surface area contributed by atoms with Gasteiger partial charge in [-0.3, -0.25) is 0 Å². The van der Waals surface area contributed by atoms with Crippen molar-refractivity contribution in [3.63, 3.8) is 0 Å². The third-order valence-corrected chi connectivity index (χ3v) is 6.67. The van der Waals surface area contributed by atoms with E-state index in [0.717, 1.165) is 59.6 Å². The largest absolute Gasteiger partial charge is 0.493 e. The predicted molar refractivity (Wildman–Crippen MR) is 143 cm³/mol. The minimum Gasteiger partial charge on any atom is -0.493 e. The molecule has 1 aliphatic rings. The number of para-hydroxylation sites is 1. The predicted octanol–water partition coefficient (Wildman–Crippen LogP) is 6.20. The number of aryl methyl sites for hydroxylation is 1. The van der Waals surface area contributed by atoms with E-state index in [2.05, 4.69) is 27.2 Å². The maximum absolute atomic E-state index is 6.20. The van der Waals surface area contributed by atoms with Gasteiger partial charge in [0.1, 0.15) is 23.6 Å². The number of methoxy groups -OCH3 is 1. The first-order valence-corrected chi connectivity index (χ1v) is 12.3. The van der Waals surface area contributed by atoms with E-state index in [-0.39, 0.29) is 0 Å². The van der Waals surface area contributed by atoms with Gasteiger partial charge in [-0.1, -0.05) is 18.2 Å². The highest BCUT2D eigenvalue weighted by molar-refractivity contribution is 5.93. The highest BCUT2D eigenvalue weighted by Gasteiger charge is 2.19. The van der Waals surface area contributed by atoms with E-state index >= 15 is 0 Å². The van der Waals surface area contributed by atoms with Crippen LogP contribution in [0.15, 0.2) is 67.0 Å². The molecule has 36 heavy (non-hydrogen) atoms. The standard InChI is InChI=1S/C29H32N4O3/c1-20-6-4-5-7-26(20)36-23-10-8-22(9-11-23)32-29-24-16-27(34-3)28(17-25(24)30-19-31-29)35-18-21-12-14-33(2)15-13-21/h4-11,16-17,19,21H,12-15,18H2,1-3H3,(H,30,31,32). The van der Waals surface area contributed by atoms with Crippen molar-refractivity contribution in [2.24, 2.45) is 5.92 Å². The Kier molecular flexibility index (Phi) is 7.18. The van der Waals surface area contributed by atoms with E-state index in [4.69, 9.17) is 14.2 Å². The van der Waals surface area contributed by atoms with Crippen LogP contribution in [0.25, 0.3) is 10.9 Å². The van der Waals surface area contributed by atoms with Crippen LogP contribution in [-0.4, -0.2) is 48.7 Å². The zero-order chi connectivity index (χ0) is 24.9. The summed E-state index contributed by atoms with van der Waals surface area (Å²) in [6.45, 7) is 4.95. The zero-order valence-corrected chi connectivity index (χ0v) is 21.0. The molecular formula is C29H32N4O3. The van der Waals surface area contributed by atoms with Gasteiger partial charge in [0.05, 0.1) is 19.2 Å². The Morgan fingerprint density at radius 2 is 1.72 bits per heavy atom. The fourth-order valence-corrected chi connectivity index (χ4v) is 4.41. The third-order valence-electron chi connectivity index (χ3n) is 6.67. The molecule has 0 aliphatic carbocycles. The van der Waals surface area contributed by atoms with E-state index in [0.29, 0.717) is 29.8 Å². The van der Waals surface area contributed by atoms with Crippen molar-refractivity contribution in [3.05, 3.63) is 72.6 Å². The topological polar surface area (TPSA) is 68.7 Å². The molecule has 3 aromatic carbocycles. The van der Waals surface area contributed by atoms with Crippen LogP contribution < -0.4 is 19.5 Å². The number of aromatic nitrogens is 2. The Bertz CT molecular complexity index is 1320. The Balaban J connectivity index is 1.31. The van der Waals surface area contributed by atoms with Gasteiger partial charge in [0.15, 0.2) is 11.5 Å². The first kappa shape index (κ1) is 23.9. The number of nitrogens with zero attached hydrogens (tertiary/aromatic N) is 3. The van der Waals surface area contributed by atoms with Crippen LogP contribution >= 0.6 is 0 Å². The van der Waals surface area contributed by atoms with Gasteiger partial charge in [-0.05, 0) is 87.8 Å². The van der Waals surface area contributed by atoms with Crippen molar-refractivity contribution in [2.45, 2.75) is 19.8 Å². The fourth-order valence-electron chi connectivity index (χ4n) is 4.41. The number of hydrogen-bond donors (Lipinski definition) is 1. The lowest BCUT2D eigenvalue weighted by Gasteiger charge is -2.28. The molecular weight excluding hydrogens is 452 g/mol. The molecule has 0 bridgehead atoms. The molecule has 1 saturated heterocycles. The van der Waals surface area contributed by atoms with Gasteiger partial charge in [0.2, 0.25) is 0 Å². The normalized spacial score (nSPS) is 14.5. The summed E-state index contributed by atoms with van der Waals surface area (Å²) in [5, 5.41) is 4.26. The fraction of sp³-hybridized carbons (Fsp3) is 0.310. The van der Waals surface area contributed by atoms with Gasteiger partial charge in [-0.15, -0.1) is 0 Å². The Labute approximate surface area is 212 Å². The minimum atomic E-state index is 0.557. The second kappa shape index (κ2) is 10.8. The minimum absolute atomic E-state index is 0.557. The molecule has 1 aliphatic heterocycles. The maximum Gasteiger partial charge on any atom is 0.163 e. The number of hydrogen-bond acceptors (Lipinski definition) is 7. The summed E-state index contributed by atoms with van der Waals surface area (Å²) in [5.41, 5.74) is 2.79. The van der Waals surface area contributed by atoms with E-state index < -0.39 is 0 Å². The van der Waals surface area contributed by atoms with Gasteiger partial charge in [-0.2, -0.15) is 0 Å². The van der Waals surface area contributed by atoms with Gasteiger partial charge >= 0.3 is 0 Å². The molecule has 7 heteroatoms. The Morgan fingerprint density at radius 3 is 2.47 bits per heavy atom. The van der Waals surface area contributed by atoms with Crippen molar-refractivity contribution in [1.82, 2.24) is 14.9 Å². The van der Waals surface area contributed by atoms with E-state index in [1.165, 1.54) is 0 Å². The molecule has 1 fully saturated rings. The molecule has 0 saturated carbocycles. The number of likely N-dealkylation sites (tertiary alicyclic amines) is 1. The molecule has 186 valence electrons. The van der Waals surface area contributed by atoms with Crippen LogP contribution in [0.3, 0.4) is 0 Å². The summed E-state index contributed by atoms with van der Waals surface area (Å²) in [4.78, 5) is 11.3. The number of piperidine rings is 1. The highest BCUT2D eigenvalue weighted by atomic mass is 16.5. The van der Waals surface area contributed by atoms with Gasteiger partial charge in [-0.25, -0.2) is 9.97 Å². The Morgan fingerprint density at radius 1 is 0.944 bits per heavy atom. The summed E-state index contributed by atoms with van der Waals surface area (Å²) in [6, 6.07) is 19.7. The van der Waals surface area contributed by atoms with Gasteiger partial charge in [0, 0.05) is 17.1 Å². The van der Waals surface area contributed by atoms with Crippen LogP contribution in [0.5, 0.6) is 23.0 Å². The monoisotopic (exact) mass is 484 g/mol. The van der Waals surface area contributed by atoms with Crippen molar-refractivity contribution in [3.8, 4) is 23.0 Å². The number of rotatable bonds is 8. The number of anilines is 2. The first-order chi connectivity index (χ1) is 17.6. The summed E-state index contributed by atoms with van der Waals surface area (Å²) < 4.78 is 17.9. The molecule has 4 aromatic rings. The molecule has 1 aromatic heterocycles. The molecule has 7 nitrogen and oxygen atoms in total. The second-order valence-electron chi connectivity index (χ2n) is 9.32. The number of benzene rings is 3. The SMILES string of the molecule is COc1cc2c(Nc3ccc(Oc4ccccc4C)cc3)ncnc2cc1OCC1CCN(C)CC1. The van der Waals surface area contributed by atoms with Gasteiger partial charge in [0.25, 0.3) is 0 Å². The molecule has 1 N–H and O–H groups in total. The Hall–Kier alpha value is -3.84. The lowest BCUT2D eigenvalue weighted by molar-refractivity contribution is 0.157. The summed E-state index contributed by atoms with van der Waals surface area (Å²) in [5.74, 6) is 4.27. The molecule has 0 atom stereocenters. The van der Waals surface area contributed by atoms with E-state index in [9.17, 15) is 0 Å². The van der Waals surface area contributed by atoms with Crippen LogP contribution in [0, 0.1) is 12.8 Å². The quantitative estimate of drug-likeness (QED) is 0.319. The number of nitrogens with one attached hydrogen (secondary N) is 1. The van der Waals surface area contributed by atoms with E-state index in [1.807, 2.05) is 67.6 Å². The van der Waals surface area contributed by atoms with Crippen LogP contribution in [0.1, 0.15) is 18.4 Å². The van der Waals surface area contributed by atoms with Crippen LogP contribution in [0.2, 0.25) is 0 Å². The summed E-state index contributed by atoms with van der Waals surface area (Å²) >= 11 is 0. The van der Waals surface area contributed by atoms with E-state index in [1.54, 1.807) is 13.4 Å². The number of ether oxygens (including phenoxy) is 3. The smallest absolute Gasteiger partial charge is 0.163 e. The van der Waals surface area contributed by atoms with Gasteiger partial charge < -0.3 is 24.4 Å². The molecule has 5 rings (SSSR count). The van der Waals surface area contributed by atoms with Crippen LogP contribution in [0.4, 0.5) is 11.5 Å². The van der Waals surface area contributed by atoms with Crippen molar-refractivity contribution >= 4 is 22.4 Å². The first-order valence-electron chi connectivity index (χ1n) is 12.3. The highest BCUT2D eigenvalue weighted by Crippen LogP contribution is 2.35. The summed E-state index contributed by atoms with van der Waals surface area (Å²) in [7, 11) is 3.83. The molecule has 0 unspecified atom stereocenters. The zero-order valence-electron chi connectivity index (χ0n) is 21.0. The molecule has 0 amide bonds. The van der Waals surface area contributed by atoms with Crippen LogP contribution in [-0.2, 0) is 0 Å². The lowest BCUT2D eigenvalue weighted by Crippen LogP contribution is -2.32. The van der Waals surface area contributed by atoms with Crippen molar-refractivity contribution in [1.29, 1.82) is 0 Å². The maximum atomic E-state index is 6.20. The third kappa shape index (κ3) is 5.52. The molecule has 0 spiro atoms. The summed E-state index contributed by atoms with van der Waals surface area (Å²) in [6.07, 6.45) is 3.86. The number of fused-ring (bicyclic) bond motifs is 1. The van der Waals surface area contributed by atoms with Crippen molar-refractivity contribution < 1.29 is 14.2 Å². The average Bonchev–Trinajstić information content (AvgIpc) is 2.90. The van der Waals surface area contributed by atoms with Crippen molar-refractivity contribution in [2.75, 3.05) is 39.2 Å². The lowest BCUT2D eigenvalue weighted by atomic mass is 9.98. The molecule has 2 heterocycles. The average molecular weight is 485 g/mol. The molecule has 0 radical (unpaired) electrons.